The lowest BCUT2D eigenvalue weighted by molar-refractivity contribution is -0.119. The SMILES string of the molecule is C=[SiH]OC1CCC2=CC(=O)C(C(=C)C)CC2(C)C1C. The molecule has 0 aromatic carbocycles. The van der Waals surface area contributed by atoms with E-state index in [9.17, 15) is 4.79 Å². The van der Waals surface area contributed by atoms with Gasteiger partial charge in [-0.2, -0.15) is 0 Å². The fourth-order valence-electron chi connectivity index (χ4n) is 3.61. The maximum atomic E-state index is 12.2. The number of allylic oxidation sites excluding steroid dienone is 3. The Morgan fingerprint density at radius 1 is 1.58 bits per heavy atom. The van der Waals surface area contributed by atoms with Gasteiger partial charge in [0.15, 0.2) is 5.78 Å². The van der Waals surface area contributed by atoms with Crippen molar-refractivity contribution in [2.45, 2.75) is 46.1 Å². The van der Waals surface area contributed by atoms with Crippen LogP contribution in [-0.2, 0) is 9.22 Å². The molecule has 1 fully saturated rings. The van der Waals surface area contributed by atoms with Gasteiger partial charge in [-0.05, 0) is 37.7 Å². The molecule has 4 atom stereocenters. The molecule has 0 spiro atoms. The van der Waals surface area contributed by atoms with Crippen molar-refractivity contribution in [3.05, 3.63) is 23.8 Å². The van der Waals surface area contributed by atoms with Crippen molar-refractivity contribution in [2.24, 2.45) is 17.3 Å². The highest BCUT2D eigenvalue weighted by molar-refractivity contribution is 6.33. The normalized spacial score (nSPS) is 38.2. The van der Waals surface area contributed by atoms with Gasteiger partial charge in [-0.3, -0.25) is 4.79 Å². The van der Waals surface area contributed by atoms with Crippen LogP contribution >= 0.6 is 0 Å². The maximum absolute atomic E-state index is 12.2. The summed E-state index contributed by atoms with van der Waals surface area (Å²) in [6, 6.07) is 0. The molecule has 4 unspecified atom stereocenters. The summed E-state index contributed by atoms with van der Waals surface area (Å²) >= 11 is 0. The molecule has 0 heterocycles. The molecule has 1 saturated carbocycles. The number of carbonyl (C=O) groups is 1. The van der Waals surface area contributed by atoms with Gasteiger partial charge in [-0.1, -0.05) is 37.7 Å². The Labute approximate surface area is 118 Å². The quantitative estimate of drug-likeness (QED) is 0.585. The lowest BCUT2D eigenvalue weighted by atomic mass is 9.57. The molecule has 3 heteroatoms. The van der Waals surface area contributed by atoms with Crippen molar-refractivity contribution in [3.63, 3.8) is 0 Å². The van der Waals surface area contributed by atoms with Crippen LogP contribution in [0.25, 0.3) is 0 Å². The van der Waals surface area contributed by atoms with Crippen LogP contribution in [0.2, 0.25) is 0 Å². The van der Waals surface area contributed by atoms with Crippen molar-refractivity contribution in [3.8, 4) is 0 Å². The summed E-state index contributed by atoms with van der Waals surface area (Å²) in [5.41, 5.74) is 2.38. The average molecular weight is 276 g/mol. The van der Waals surface area contributed by atoms with Crippen LogP contribution in [0.4, 0.5) is 0 Å². The van der Waals surface area contributed by atoms with Gasteiger partial charge >= 0.3 is 0 Å². The molecule has 0 saturated heterocycles. The zero-order valence-corrected chi connectivity index (χ0v) is 13.4. The molecule has 0 aromatic rings. The van der Waals surface area contributed by atoms with Crippen LogP contribution in [0.15, 0.2) is 23.8 Å². The Balaban J connectivity index is 2.34. The zero-order chi connectivity index (χ0) is 14.2. The monoisotopic (exact) mass is 276 g/mol. The van der Waals surface area contributed by atoms with E-state index in [1.165, 1.54) is 5.57 Å². The molecule has 0 radical (unpaired) electrons. The second-order valence-electron chi connectivity index (χ2n) is 6.26. The fourth-order valence-corrected chi connectivity index (χ4v) is 4.23. The number of rotatable bonds is 3. The molecular formula is C16H24O2Si. The number of hydrogen-bond donors (Lipinski definition) is 0. The molecule has 0 aromatic heterocycles. The van der Waals surface area contributed by atoms with Gasteiger partial charge in [0, 0.05) is 11.8 Å². The van der Waals surface area contributed by atoms with Crippen molar-refractivity contribution >= 4 is 21.3 Å². The van der Waals surface area contributed by atoms with E-state index < -0.39 is 0 Å². The molecule has 0 aliphatic heterocycles. The number of ketones is 1. The summed E-state index contributed by atoms with van der Waals surface area (Å²) < 4.78 is 5.87. The van der Waals surface area contributed by atoms with E-state index in [1.807, 2.05) is 13.0 Å². The van der Waals surface area contributed by atoms with Crippen molar-refractivity contribution < 1.29 is 9.22 Å². The highest BCUT2D eigenvalue weighted by atomic mass is 28.2. The number of carbonyl (C=O) groups excluding carboxylic acids is 1. The van der Waals surface area contributed by atoms with Crippen LogP contribution in [0.1, 0.15) is 40.0 Å². The summed E-state index contributed by atoms with van der Waals surface area (Å²) in [5.74, 6) is 0.674. The van der Waals surface area contributed by atoms with Gasteiger partial charge in [-0.25, -0.2) is 0 Å². The van der Waals surface area contributed by atoms with E-state index in [4.69, 9.17) is 4.43 Å². The van der Waals surface area contributed by atoms with E-state index in [0.717, 1.165) is 24.8 Å². The predicted molar refractivity (Wildman–Crippen MR) is 81.7 cm³/mol. The van der Waals surface area contributed by atoms with E-state index >= 15 is 0 Å². The fraction of sp³-hybridized carbons (Fsp3) is 0.625. The molecule has 2 aliphatic carbocycles. The highest BCUT2D eigenvalue weighted by Gasteiger charge is 2.47. The molecule has 2 rings (SSSR count). The Hall–Kier alpha value is -0.963. The molecule has 0 amide bonds. The summed E-state index contributed by atoms with van der Waals surface area (Å²) in [7, 11) is -0.162. The van der Waals surface area contributed by atoms with Gasteiger partial charge in [-0.15, -0.1) is 0 Å². The summed E-state index contributed by atoms with van der Waals surface area (Å²) in [4.78, 5) is 12.2. The topological polar surface area (TPSA) is 26.3 Å². The van der Waals surface area contributed by atoms with Crippen LogP contribution in [-0.4, -0.2) is 27.4 Å². The Morgan fingerprint density at radius 2 is 2.26 bits per heavy atom. The van der Waals surface area contributed by atoms with E-state index in [1.54, 1.807) is 0 Å². The summed E-state index contributed by atoms with van der Waals surface area (Å²) in [6.07, 6.45) is 8.97. The Kier molecular flexibility index (Phi) is 3.95. The van der Waals surface area contributed by atoms with Gasteiger partial charge in [0.05, 0.1) is 6.10 Å². The number of fused-ring (bicyclic) bond motifs is 1. The third kappa shape index (κ3) is 2.40. The van der Waals surface area contributed by atoms with Crippen molar-refractivity contribution in [1.29, 1.82) is 0 Å². The van der Waals surface area contributed by atoms with Crippen molar-refractivity contribution in [1.82, 2.24) is 0 Å². The zero-order valence-electron chi connectivity index (χ0n) is 12.2. The minimum Gasteiger partial charge on any atom is -0.551 e. The molecule has 19 heavy (non-hydrogen) atoms. The first-order valence-corrected chi connectivity index (χ1v) is 8.35. The minimum atomic E-state index is -0.162. The van der Waals surface area contributed by atoms with Crippen LogP contribution in [0.5, 0.6) is 0 Å². The first-order valence-electron chi connectivity index (χ1n) is 7.06. The minimum absolute atomic E-state index is 0.0120. The largest absolute Gasteiger partial charge is 0.551 e. The number of hydrogen-bond acceptors (Lipinski definition) is 2. The van der Waals surface area contributed by atoms with Crippen LogP contribution in [0.3, 0.4) is 0 Å². The third-order valence-electron chi connectivity index (χ3n) is 5.15. The smallest absolute Gasteiger partial charge is 0.208 e. The van der Waals surface area contributed by atoms with Crippen LogP contribution in [0, 0.1) is 17.3 Å². The molecular weight excluding hydrogens is 252 g/mol. The average Bonchev–Trinajstić information content (AvgIpc) is 2.35. The molecule has 2 nitrogen and oxygen atoms in total. The van der Waals surface area contributed by atoms with Gasteiger partial charge in [0.25, 0.3) is 0 Å². The van der Waals surface area contributed by atoms with Crippen molar-refractivity contribution in [2.75, 3.05) is 0 Å². The molecule has 104 valence electrons. The standard InChI is InChI=1S/C16H24O2Si/c1-10(2)13-9-16(4)11(3)15(18-19-5)7-6-12(16)8-14(13)17/h8,11,13,15,19H,1,5-7,9H2,2-4H3. The second kappa shape index (κ2) is 5.20. The second-order valence-corrected chi connectivity index (χ2v) is 6.87. The maximum Gasteiger partial charge on any atom is 0.208 e. The van der Waals surface area contributed by atoms with Gasteiger partial charge in [0.2, 0.25) is 9.38 Å². The highest BCUT2D eigenvalue weighted by Crippen LogP contribution is 2.52. The molecule has 0 bridgehead atoms. The van der Waals surface area contributed by atoms with E-state index in [-0.39, 0.29) is 26.5 Å². The van der Waals surface area contributed by atoms with E-state index in [2.05, 4.69) is 26.6 Å². The first-order chi connectivity index (χ1) is 8.90. The molecule has 2 aliphatic rings. The first kappa shape index (κ1) is 14.4. The lowest BCUT2D eigenvalue weighted by Crippen LogP contribution is -2.45. The Bertz CT molecular complexity index is 452. The van der Waals surface area contributed by atoms with E-state index in [0.29, 0.717) is 12.0 Å². The van der Waals surface area contributed by atoms with Crippen LogP contribution < -0.4 is 0 Å². The third-order valence-corrected chi connectivity index (χ3v) is 5.69. The van der Waals surface area contributed by atoms with Gasteiger partial charge in [0.1, 0.15) is 0 Å². The lowest BCUT2D eigenvalue weighted by Gasteiger charge is -2.49. The summed E-state index contributed by atoms with van der Waals surface area (Å²) in [5, 5.41) is 0. The predicted octanol–water partition coefficient (Wildman–Crippen LogP) is 2.68. The molecule has 0 N–H and O–H groups in total. The van der Waals surface area contributed by atoms with Gasteiger partial charge < -0.3 is 4.43 Å². The summed E-state index contributed by atoms with van der Waals surface area (Å²) in [6.45, 7) is 10.5. The Morgan fingerprint density at radius 3 is 2.84 bits per heavy atom.